The van der Waals surface area contributed by atoms with E-state index in [9.17, 15) is 13.2 Å². The van der Waals surface area contributed by atoms with E-state index in [4.69, 9.17) is 11.6 Å². The van der Waals surface area contributed by atoms with Gasteiger partial charge in [0.2, 0.25) is 0 Å². The van der Waals surface area contributed by atoms with Gasteiger partial charge < -0.3 is 5.32 Å². The predicted molar refractivity (Wildman–Crippen MR) is 69.4 cm³/mol. The van der Waals surface area contributed by atoms with Crippen LogP contribution in [0.15, 0.2) is 12.1 Å². The third-order valence-corrected chi connectivity index (χ3v) is 3.70. The van der Waals surface area contributed by atoms with Gasteiger partial charge in [-0.2, -0.15) is 13.2 Å². The van der Waals surface area contributed by atoms with Crippen LogP contribution in [0.25, 0.3) is 0 Å². The Morgan fingerprint density at radius 2 is 1.84 bits per heavy atom. The number of pyridine rings is 1. The van der Waals surface area contributed by atoms with Gasteiger partial charge in [-0.1, -0.05) is 30.9 Å². The highest BCUT2D eigenvalue weighted by atomic mass is 35.5. The normalized spacial score (nSPS) is 19.2. The second kappa shape index (κ2) is 5.19. The Kier molecular flexibility index (Phi) is 3.95. The number of anilines is 1. The summed E-state index contributed by atoms with van der Waals surface area (Å²) in [6.07, 6.45) is 0.794. The Morgan fingerprint density at radius 1 is 1.21 bits per heavy atom. The summed E-state index contributed by atoms with van der Waals surface area (Å²) >= 11 is 5.67. The molecular formula is C13H16ClF3N2. The molecule has 6 heteroatoms. The van der Waals surface area contributed by atoms with Crippen LogP contribution in [0.1, 0.15) is 44.6 Å². The number of hydrogen-bond acceptors (Lipinski definition) is 2. The molecule has 0 saturated heterocycles. The number of alkyl halides is 3. The zero-order valence-corrected chi connectivity index (χ0v) is 11.4. The molecule has 0 unspecified atom stereocenters. The van der Waals surface area contributed by atoms with Crippen LogP contribution in [0.2, 0.25) is 5.15 Å². The topological polar surface area (TPSA) is 24.9 Å². The molecule has 0 amide bonds. The molecule has 1 aromatic rings. The summed E-state index contributed by atoms with van der Waals surface area (Å²) in [6.45, 7) is 2.02. The van der Waals surface area contributed by atoms with Crippen LogP contribution in [-0.2, 0) is 6.18 Å². The Morgan fingerprint density at radius 3 is 2.42 bits per heavy atom. The first-order chi connectivity index (χ1) is 8.78. The van der Waals surface area contributed by atoms with Crippen molar-refractivity contribution in [2.75, 3.05) is 5.32 Å². The van der Waals surface area contributed by atoms with Crippen molar-refractivity contribution in [3.63, 3.8) is 0 Å². The van der Waals surface area contributed by atoms with Gasteiger partial charge in [0.1, 0.15) is 11.0 Å². The predicted octanol–water partition coefficient (Wildman–Crippen LogP) is 4.89. The summed E-state index contributed by atoms with van der Waals surface area (Å²) in [6, 6.07) is 1.86. The van der Waals surface area contributed by atoms with Crippen molar-refractivity contribution in [3.8, 4) is 0 Å². The minimum Gasteiger partial charge on any atom is -0.365 e. The zero-order valence-electron chi connectivity index (χ0n) is 10.6. The second-order valence-electron chi connectivity index (χ2n) is 5.31. The summed E-state index contributed by atoms with van der Waals surface area (Å²) in [7, 11) is 0. The standard InChI is InChI=1S/C13H16ClF3N2/c1-12(5-3-2-4-6-12)19-11-8-9(13(15,16)17)7-10(14)18-11/h7-8H,2-6H2,1H3,(H,18,19). The molecule has 2 nitrogen and oxygen atoms in total. The molecule has 1 saturated carbocycles. The number of rotatable bonds is 2. The number of hydrogen-bond donors (Lipinski definition) is 1. The summed E-state index contributed by atoms with van der Waals surface area (Å²) in [5.41, 5.74) is -0.965. The van der Waals surface area contributed by atoms with Crippen LogP contribution in [0.5, 0.6) is 0 Å². The highest BCUT2D eigenvalue weighted by Gasteiger charge is 2.33. The molecule has 1 aliphatic carbocycles. The molecule has 1 N–H and O–H groups in total. The fourth-order valence-corrected chi connectivity index (χ4v) is 2.70. The third kappa shape index (κ3) is 3.75. The molecule has 0 bridgehead atoms. The van der Waals surface area contributed by atoms with E-state index >= 15 is 0 Å². The monoisotopic (exact) mass is 292 g/mol. The van der Waals surface area contributed by atoms with E-state index in [0.717, 1.165) is 37.8 Å². The van der Waals surface area contributed by atoms with Crippen LogP contribution in [-0.4, -0.2) is 10.5 Å². The maximum Gasteiger partial charge on any atom is 0.416 e. The van der Waals surface area contributed by atoms with Crippen molar-refractivity contribution in [1.82, 2.24) is 4.98 Å². The Bertz CT molecular complexity index is 454. The minimum atomic E-state index is -4.41. The average molecular weight is 293 g/mol. The summed E-state index contributed by atoms with van der Waals surface area (Å²) in [4.78, 5) is 3.94. The van der Waals surface area contributed by atoms with Crippen LogP contribution < -0.4 is 5.32 Å². The van der Waals surface area contributed by atoms with Crippen molar-refractivity contribution in [2.45, 2.75) is 50.7 Å². The number of halogens is 4. The van der Waals surface area contributed by atoms with E-state index in [1.54, 1.807) is 0 Å². The zero-order chi connectivity index (χ0) is 14.1. The number of nitrogens with zero attached hydrogens (tertiary/aromatic N) is 1. The van der Waals surface area contributed by atoms with Crippen LogP contribution in [0.4, 0.5) is 19.0 Å². The Labute approximate surface area is 115 Å². The molecule has 1 aliphatic rings. The largest absolute Gasteiger partial charge is 0.416 e. The molecule has 1 heterocycles. The molecule has 1 aromatic heterocycles. The van der Waals surface area contributed by atoms with Crippen molar-refractivity contribution >= 4 is 17.4 Å². The highest BCUT2D eigenvalue weighted by Crippen LogP contribution is 2.35. The van der Waals surface area contributed by atoms with Gasteiger partial charge in [-0.25, -0.2) is 4.98 Å². The molecule has 1 fully saturated rings. The van der Waals surface area contributed by atoms with E-state index in [1.807, 2.05) is 6.92 Å². The summed E-state index contributed by atoms with van der Waals surface area (Å²) in [5.74, 6) is 0.198. The van der Waals surface area contributed by atoms with Crippen molar-refractivity contribution in [3.05, 3.63) is 22.8 Å². The minimum absolute atomic E-state index is 0.142. The van der Waals surface area contributed by atoms with Crippen LogP contribution in [0.3, 0.4) is 0 Å². The highest BCUT2D eigenvalue weighted by molar-refractivity contribution is 6.29. The lowest BCUT2D eigenvalue weighted by Crippen LogP contribution is -2.37. The first kappa shape index (κ1) is 14.4. The van der Waals surface area contributed by atoms with Crippen LogP contribution >= 0.6 is 11.6 Å². The van der Waals surface area contributed by atoms with Crippen molar-refractivity contribution < 1.29 is 13.2 Å². The molecule has 0 radical (unpaired) electrons. The van der Waals surface area contributed by atoms with Crippen molar-refractivity contribution in [1.29, 1.82) is 0 Å². The van der Waals surface area contributed by atoms with E-state index in [-0.39, 0.29) is 16.5 Å². The van der Waals surface area contributed by atoms with Gasteiger partial charge in [-0.3, -0.25) is 0 Å². The fourth-order valence-electron chi connectivity index (χ4n) is 2.49. The smallest absolute Gasteiger partial charge is 0.365 e. The lowest BCUT2D eigenvalue weighted by atomic mass is 9.83. The lowest BCUT2D eigenvalue weighted by Gasteiger charge is -2.35. The van der Waals surface area contributed by atoms with Gasteiger partial charge in [-0.15, -0.1) is 0 Å². The molecular weight excluding hydrogens is 277 g/mol. The maximum atomic E-state index is 12.7. The molecule has 2 rings (SSSR count). The van der Waals surface area contributed by atoms with Crippen LogP contribution in [0, 0.1) is 0 Å². The van der Waals surface area contributed by atoms with Gasteiger partial charge in [0.15, 0.2) is 0 Å². The second-order valence-corrected chi connectivity index (χ2v) is 5.70. The molecule has 0 spiro atoms. The summed E-state index contributed by atoms with van der Waals surface area (Å²) < 4.78 is 38.1. The molecule has 0 atom stereocenters. The van der Waals surface area contributed by atoms with Gasteiger partial charge in [0.25, 0.3) is 0 Å². The van der Waals surface area contributed by atoms with E-state index < -0.39 is 11.7 Å². The van der Waals surface area contributed by atoms with Gasteiger partial charge in [-0.05, 0) is 31.9 Å². The lowest BCUT2D eigenvalue weighted by molar-refractivity contribution is -0.137. The van der Waals surface area contributed by atoms with E-state index in [0.29, 0.717) is 0 Å². The van der Waals surface area contributed by atoms with E-state index in [1.165, 1.54) is 6.42 Å². The van der Waals surface area contributed by atoms with E-state index in [2.05, 4.69) is 10.3 Å². The maximum absolute atomic E-state index is 12.7. The molecule has 106 valence electrons. The quantitative estimate of drug-likeness (QED) is 0.785. The van der Waals surface area contributed by atoms with Gasteiger partial charge in [0, 0.05) is 5.54 Å². The van der Waals surface area contributed by atoms with Gasteiger partial charge in [0.05, 0.1) is 5.56 Å². The number of aromatic nitrogens is 1. The fraction of sp³-hybridized carbons (Fsp3) is 0.615. The first-order valence-corrected chi connectivity index (χ1v) is 6.69. The molecule has 0 aliphatic heterocycles. The Balaban J connectivity index is 2.22. The Hall–Kier alpha value is -0.970. The third-order valence-electron chi connectivity index (χ3n) is 3.51. The SMILES string of the molecule is CC1(Nc2cc(C(F)(F)F)cc(Cl)n2)CCCCC1. The summed E-state index contributed by atoms with van der Waals surface area (Å²) in [5, 5.41) is 2.97. The first-order valence-electron chi connectivity index (χ1n) is 6.31. The molecule has 19 heavy (non-hydrogen) atoms. The average Bonchev–Trinajstić information content (AvgIpc) is 2.27. The number of nitrogens with one attached hydrogen (secondary N) is 1. The molecule has 0 aromatic carbocycles. The van der Waals surface area contributed by atoms with Crippen molar-refractivity contribution in [2.24, 2.45) is 0 Å². The van der Waals surface area contributed by atoms with Gasteiger partial charge >= 0.3 is 6.18 Å².